The third-order valence-electron chi connectivity index (χ3n) is 4.88. The van der Waals surface area contributed by atoms with Crippen LogP contribution in [0.2, 0.25) is 0 Å². The molecule has 1 aromatic rings. The molecule has 3 nitrogen and oxygen atoms in total. The first-order valence-corrected chi connectivity index (χ1v) is 8.11. The van der Waals surface area contributed by atoms with Crippen molar-refractivity contribution in [2.24, 2.45) is 11.8 Å². The van der Waals surface area contributed by atoms with Crippen molar-refractivity contribution >= 4 is 5.97 Å². The average molecular weight is 290 g/mol. The van der Waals surface area contributed by atoms with Crippen LogP contribution in [0, 0.1) is 11.8 Å². The maximum atomic E-state index is 11.4. The number of benzene rings is 1. The summed E-state index contributed by atoms with van der Waals surface area (Å²) < 4.78 is 0. The van der Waals surface area contributed by atoms with E-state index in [-0.39, 0.29) is 5.92 Å². The lowest BCUT2D eigenvalue weighted by Gasteiger charge is -2.32. The van der Waals surface area contributed by atoms with E-state index in [2.05, 4.69) is 26.0 Å². The van der Waals surface area contributed by atoms with Gasteiger partial charge < -0.3 is 10.2 Å². The molecular weight excluding hydrogens is 264 g/mol. The van der Waals surface area contributed by atoms with Crippen LogP contribution in [0.3, 0.4) is 0 Å². The van der Waals surface area contributed by atoms with E-state index < -0.39 is 18.0 Å². The normalized spacial score (nSPS) is 23.8. The van der Waals surface area contributed by atoms with Gasteiger partial charge in [-0.2, -0.15) is 0 Å². The number of aliphatic hydroxyl groups excluding tert-OH is 1. The summed E-state index contributed by atoms with van der Waals surface area (Å²) in [5, 5.41) is 20.1. The van der Waals surface area contributed by atoms with E-state index in [9.17, 15) is 15.0 Å². The third-order valence-corrected chi connectivity index (χ3v) is 4.88. The van der Waals surface area contributed by atoms with Crippen molar-refractivity contribution in [3.63, 3.8) is 0 Å². The van der Waals surface area contributed by atoms with Crippen molar-refractivity contribution in [1.29, 1.82) is 0 Å². The highest BCUT2D eigenvalue weighted by molar-refractivity contribution is 5.70. The lowest BCUT2D eigenvalue weighted by molar-refractivity contribution is -0.147. The van der Waals surface area contributed by atoms with Gasteiger partial charge in [-0.1, -0.05) is 44.9 Å². The number of carbonyl (C=O) groups is 1. The predicted octanol–water partition coefficient (Wildman–Crippen LogP) is 3.74. The Labute approximate surface area is 127 Å². The summed E-state index contributed by atoms with van der Waals surface area (Å²) in [5.74, 6) is -1.34. The summed E-state index contributed by atoms with van der Waals surface area (Å²) >= 11 is 0. The van der Waals surface area contributed by atoms with Gasteiger partial charge in [0.2, 0.25) is 0 Å². The second kappa shape index (κ2) is 7.08. The Morgan fingerprint density at radius 2 is 1.86 bits per heavy atom. The third kappa shape index (κ3) is 3.46. The summed E-state index contributed by atoms with van der Waals surface area (Å²) in [6, 6.07) is 6.11. The predicted molar refractivity (Wildman–Crippen MR) is 83.2 cm³/mol. The zero-order chi connectivity index (χ0) is 15.4. The van der Waals surface area contributed by atoms with E-state index in [0.717, 1.165) is 37.7 Å². The average Bonchev–Trinajstić information content (AvgIpc) is 2.53. The zero-order valence-electron chi connectivity index (χ0n) is 13.0. The van der Waals surface area contributed by atoms with E-state index in [1.54, 1.807) is 0 Å². The minimum Gasteiger partial charge on any atom is -0.481 e. The molecule has 3 unspecified atom stereocenters. The molecule has 1 fully saturated rings. The highest BCUT2D eigenvalue weighted by atomic mass is 16.4. The molecule has 0 heterocycles. The molecule has 1 aliphatic rings. The summed E-state index contributed by atoms with van der Waals surface area (Å²) in [6.07, 6.45) is 4.72. The smallest absolute Gasteiger partial charge is 0.306 e. The molecule has 0 spiro atoms. The fourth-order valence-electron chi connectivity index (χ4n) is 3.60. The van der Waals surface area contributed by atoms with E-state index in [4.69, 9.17) is 0 Å². The summed E-state index contributed by atoms with van der Waals surface area (Å²) in [4.78, 5) is 11.4. The van der Waals surface area contributed by atoms with Crippen molar-refractivity contribution in [2.75, 3.05) is 0 Å². The van der Waals surface area contributed by atoms with Crippen LogP contribution in [-0.2, 0) is 17.6 Å². The summed E-state index contributed by atoms with van der Waals surface area (Å²) in [7, 11) is 0. The van der Waals surface area contributed by atoms with E-state index >= 15 is 0 Å². The van der Waals surface area contributed by atoms with Gasteiger partial charge in [-0.3, -0.25) is 4.79 Å². The van der Waals surface area contributed by atoms with Crippen LogP contribution in [0.1, 0.15) is 62.3 Å². The highest BCUT2D eigenvalue weighted by Crippen LogP contribution is 2.39. The number of carboxylic acid groups (broad SMARTS) is 1. The fraction of sp³-hybridized carbons (Fsp3) is 0.611. The van der Waals surface area contributed by atoms with E-state index in [1.165, 1.54) is 11.1 Å². The number of aliphatic carboxylic acids is 1. The van der Waals surface area contributed by atoms with Crippen LogP contribution in [0.25, 0.3) is 0 Å². The van der Waals surface area contributed by atoms with Crippen LogP contribution in [0.15, 0.2) is 18.2 Å². The molecule has 0 radical (unpaired) electrons. The number of rotatable bonds is 5. The Bertz CT molecular complexity index is 495. The Morgan fingerprint density at radius 3 is 2.48 bits per heavy atom. The monoisotopic (exact) mass is 290 g/mol. The Balaban J connectivity index is 2.25. The molecule has 0 bridgehead atoms. The SMILES string of the molecule is CCc1ccc(C(O)C2CCCCC2C(=O)O)cc1CC. The highest BCUT2D eigenvalue weighted by Gasteiger charge is 2.36. The molecule has 1 saturated carbocycles. The van der Waals surface area contributed by atoms with Crippen LogP contribution in [-0.4, -0.2) is 16.2 Å². The van der Waals surface area contributed by atoms with Crippen molar-refractivity contribution in [3.8, 4) is 0 Å². The van der Waals surface area contributed by atoms with Gasteiger partial charge in [-0.15, -0.1) is 0 Å². The fourth-order valence-corrected chi connectivity index (χ4v) is 3.60. The van der Waals surface area contributed by atoms with Crippen molar-refractivity contribution < 1.29 is 15.0 Å². The van der Waals surface area contributed by atoms with Crippen LogP contribution < -0.4 is 0 Å². The molecule has 1 aliphatic carbocycles. The molecule has 0 aliphatic heterocycles. The number of aliphatic hydroxyl groups is 1. The van der Waals surface area contributed by atoms with Crippen molar-refractivity contribution in [3.05, 3.63) is 34.9 Å². The molecule has 0 aromatic heterocycles. The number of hydrogen-bond donors (Lipinski definition) is 2. The number of carboxylic acids is 1. The molecule has 3 atom stereocenters. The summed E-state index contributed by atoms with van der Waals surface area (Å²) in [5.41, 5.74) is 3.45. The lowest BCUT2D eigenvalue weighted by atomic mass is 9.74. The van der Waals surface area contributed by atoms with E-state index in [1.807, 2.05) is 6.07 Å². The van der Waals surface area contributed by atoms with Gasteiger partial charge in [0, 0.05) is 5.92 Å². The molecule has 116 valence electrons. The minimum absolute atomic E-state index is 0.159. The maximum absolute atomic E-state index is 11.4. The molecule has 3 heteroatoms. The molecular formula is C18H26O3. The molecule has 2 rings (SSSR count). The van der Waals surface area contributed by atoms with E-state index in [0.29, 0.717) is 6.42 Å². The van der Waals surface area contributed by atoms with Gasteiger partial charge >= 0.3 is 5.97 Å². The lowest BCUT2D eigenvalue weighted by Crippen LogP contribution is -2.31. The van der Waals surface area contributed by atoms with Gasteiger partial charge in [0.25, 0.3) is 0 Å². The van der Waals surface area contributed by atoms with Gasteiger partial charge in [0.15, 0.2) is 0 Å². The standard InChI is InChI=1S/C18H26O3/c1-3-12-9-10-14(11-13(12)4-2)17(19)15-7-5-6-8-16(15)18(20)21/h9-11,15-17,19H,3-8H2,1-2H3,(H,20,21). The summed E-state index contributed by atoms with van der Waals surface area (Å²) in [6.45, 7) is 4.25. The van der Waals surface area contributed by atoms with Crippen LogP contribution in [0.5, 0.6) is 0 Å². The van der Waals surface area contributed by atoms with Gasteiger partial charge in [0.1, 0.15) is 0 Å². The molecule has 0 saturated heterocycles. The van der Waals surface area contributed by atoms with Gasteiger partial charge in [0.05, 0.1) is 12.0 Å². The number of hydrogen-bond acceptors (Lipinski definition) is 2. The minimum atomic E-state index is -0.764. The van der Waals surface area contributed by atoms with Crippen LogP contribution in [0.4, 0.5) is 0 Å². The van der Waals surface area contributed by atoms with Crippen molar-refractivity contribution in [1.82, 2.24) is 0 Å². The Hall–Kier alpha value is -1.35. The molecule has 1 aromatic carbocycles. The topological polar surface area (TPSA) is 57.5 Å². The van der Waals surface area contributed by atoms with Gasteiger partial charge in [-0.05, 0) is 42.4 Å². The Kier molecular flexibility index (Phi) is 5.40. The zero-order valence-corrected chi connectivity index (χ0v) is 13.0. The first kappa shape index (κ1) is 16.0. The maximum Gasteiger partial charge on any atom is 0.306 e. The van der Waals surface area contributed by atoms with Crippen molar-refractivity contribution in [2.45, 2.75) is 58.5 Å². The Morgan fingerprint density at radius 1 is 1.19 bits per heavy atom. The number of aryl methyl sites for hydroxylation is 2. The molecule has 21 heavy (non-hydrogen) atoms. The first-order chi connectivity index (χ1) is 10.1. The molecule has 2 N–H and O–H groups in total. The largest absolute Gasteiger partial charge is 0.481 e. The quantitative estimate of drug-likeness (QED) is 0.868. The van der Waals surface area contributed by atoms with Gasteiger partial charge in [-0.25, -0.2) is 0 Å². The second-order valence-corrected chi connectivity index (χ2v) is 6.07. The molecule has 0 amide bonds. The van der Waals surface area contributed by atoms with Crippen LogP contribution >= 0.6 is 0 Å². The first-order valence-electron chi connectivity index (χ1n) is 8.11. The second-order valence-electron chi connectivity index (χ2n) is 6.07.